The van der Waals surface area contributed by atoms with Gasteiger partial charge in [0.2, 0.25) is 0 Å². The van der Waals surface area contributed by atoms with Gasteiger partial charge in [0.1, 0.15) is 0 Å². The monoisotopic (exact) mass is 295 g/mol. The van der Waals surface area contributed by atoms with Gasteiger partial charge in [-0.05, 0) is 84.1 Å². The van der Waals surface area contributed by atoms with Gasteiger partial charge in [-0.15, -0.1) is 0 Å². The highest BCUT2D eigenvalue weighted by molar-refractivity contribution is 4.85. The minimum atomic E-state index is 0.743. The van der Waals surface area contributed by atoms with Crippen LogP contribution in [0.3, 0.4) is 0 Å². The largest absolute Gasteiger partial charge is 0.317 e. The summed E-state index contributed by atoms with van der Waals surface area (Å²) in [5.41, 5.74) is 0. The number of hydrogen-bond donors (Lipinski definition) is 1. The molecule has 0 aromatic carbocycles. The van der Waals surface area contributed by atoms with Crippen LogP contribution in [0.15, 0.2) is 0 Å². The molecule has 1 saturated heterocycles. The van der Waals surface area contributed by atoms with E-state index in [0.717, 1.165) is 23.8 Å². The maximum Gasteiger partial charge on any atom is 0.0105 e. The second-order valence-electron chi connectivity index (χ2n) is 7.71. The minimum Gasteiger partial charge on any atom is -0.317 e. The van der Waals surface area contributed by atoms with Gasteiger partial charge in [0.15, 0.2) is 0 Å². The van der Waals surface area contributed by atoms with Crippen molar-refractivity contribution < 1.29 is 0 Å². The summed E-state index contributed by atoms with van der Waals surface area (Å²) in [6.45, 7) is 7.54. The number of rotatable bonds is 6. The Hall–Kier alpha value is -0.120. The summed E-state index contributed by atoms with van der Waals surface area (Å²) in [6, 6.07) is 0.743. The minimum absolute atomic E-state index is 0.743. The molecule has 1 saturated carbocycles. The fourth-order valence-corrected chi connectivity index (χ4v) is 4.47. The van der Waals surface area contributed by atoms with Gasteiger partial charge < -0.3 is 15.1 Å². The molecule has 2 rings (SSSR count). The first kappa shape index (κ1) is 17.2. The fraction of sp³-hybridized carbons (Fsp3) is 1.00. The van der Waals surface area contributed by atoms with E-state index >= 15 is 0 Å². The Bertz CT molecular complexity index is 286. The van der Waals surface area contributed by atoms with E-state index in [9.17, 15) is 0 Å². The summed E-state index contributed by atoms with van der Waals surface area (Å²) in [4.78, 5) is 5.10. The average molecular weight is 296 g/mol. The molecule has 124 valence electrons. The van der Waals surface area contributed by atoms with Crippen molar-refractivity contribution in [1.29, 1.82) is 0 Å². The van der Waals surface area contributed by atoms with E-state index in [1.807, 2.05) is 0 Å². The zero-order valence-electron chi connectivity index (χ0n) is 14.8. The third kappa shape index (κ3) is 5.22. The van der Waals surface area contributed by atoms with Crippen molar-refractivity contribution in [2.45, 2.75) is 51.5 Å². The van der Waals surface area contributed by atoms with Gasteiger partial charge in [-0.25, -0.2) is 0 Å². The molecule has 0 bridgehead atoms. The highest BCUT2D eigenvalue weighted by Gasteiger charge is 2.30. The number of likely N-dealkylation sites (tertiary alicyclic amines) is 1. The molecule has 3 heteroatoms. The Morgan fingerprint density at radius 1 is 1.05 bits per heavy atom. The average Bonchev–Trinajstić information content (AvgIpc) is 2.49. The van der Waals surface area contributed by atoms with Crippen molar-refractivity contribution in [3.8, 4) is 0 Å². The van der Waals surface area contributed by atoms with E-state index < -0.39 is 0 Å². The fourth-order valence-electron chi connectivity index (χ4n) is 4.47. The van der Waals surface area contributed by atoms with Crippen molar-refractivity contribution in [2.24, 2.45) is 17.8 Å². The van der Waals surface area contributed by atoms with Crippen LogP contribution < -0.4 is 5.32 Å². The van der Waals surface area contributed by atoms with E-state index in [4.69, 9.17) is 0 Å². The number of hydrogen-bond acceptors (Lipinski definition) is 3. The third-order valence-corrected chi connectivity index (χ3v) is 5.99. The van der Waals surface area contributed by atoms with Crippen LogP contribution in [0.4, 0.5) is 0 Å². The Balaban J connectivity index is 1.78. The van der Waals surface area contributed by atoms with Gasteiger partial charge in [-0.3, -0.25) is 0 Å². The molecule has 1 aliphatic heterocycles. The van der Waals surface area contributed by atoms with Crippen molar-refractivity contribution in [1.82, 2.24) is 15.1 Å². The lowest BCUT2D eigenvalue weighted by molar-refractivity contribution is 0.128. The molecule has 2 fully saturated rings. The smallest absolute Gasteiger partial charge is 0.0105 e. The summed E-state index contributed by atoms with van der Waals surface area (Å²) < 4.78 is 0. The van der Waals surface area contributed by atoms with Crippen LogP contribution >= 0.6 is 0 Å². The lowest BCUT2D eigenvalue weighted by Gasteiger charge is -2.39. The second kappa shape index (κ2) is 8.50. The van der Waals surface area contributed by atoms with Crippen molar-refractivity contribution in [2.75, 3.05) is 47.3 Å². The first-order valence-corrected chi connectivity index (χ1v) is 9.16. The van der Waals surface area contributed by atoms with Gasteiger partial charge in [0, 0.05) is 19.1 Å². The van der Waals surface area contributed by atoms with Gasteiger partial charge in [-0.1, -0.05) is 13.3 Å². The van der Waals surface area contributed by atoms with Gasteiger partial charge in [-0.2, -0.15) is 0 Å². The van der Waals surface area contributed by atoms with Gasteiger partial charge in [0.05, 0.1) is 0 Å². The molecule has 21 heavy (non-hydrogen) atoms. The summed E-state index contributed by atoms with van der Waals surface area (Å²) in [5.74, 6) is 2.74. The maximum atomic E-state index is 3.58. The molecule has 3 unspecified atom stereocenters. The first-order valence-electron chi connectivity index (χ1n) is 9.16. The molecule has 3 atom stereocenters. The Kier molecular flexibility index (Phi) is 6.97. The first-order chi connectivity index (χ1) is 10.1. The Morgan fingerprint density at radius 2 is 1.76 bits per heavy atom. The SMILES string of the molecule is CCC1CCC(NC)C(CN(C)CC2CCN(C)CC2)C1. The molecular weight excluding hydrogens is 258 g/mol. The highest BCUT2D eigenvalue weighted by atomic mass is 15.1. The molecular formula is C18H37N3. The van der Waals surface area contributed by atoms with Gasteiger partial charge in [0.25, 0.3) is 0 Å². The molecule has 0 aromatic rings. The van der Waals surface area contributed by atoms with E-state index in [1.165, 1.54) is 64.7 Å². The van der Waals surface area contributed by atoms with E-state index in [2.05, 4.69) is 43.2 Å². The van der Waals surface area contributed by atoms with Crippen LogP contribution in [0, 0.1) is 17.8 Å². The molecule has 1 aliphatic carbocycles. The second-order valence-corrected chi connectivity index (χ2v) is 7.71. The Morgan fingerprint density at radius 3 is 2.38 bits per heavy atom. The number of piperidine rings is 1. The van der Waals surface area contributed by atoms with Crippen LogP contribution in [-0.2, 0) is 0 Å². The van der Waals surface area contributed by atoms with Crippen LogP contribution in [0.5, 0.6) is 0 Å². The number of nitrogens with zero attached hydrogens (tertiary/aromatic N) is 2. The molecule has 0 amide bonds. The quantitative estimate of drug-likeness (QED) is 0.813. The summed E-state index contributed by atoms with van der Waals surface area (Å²) in [6.07, 6.45) is 8.38. The van der Waals surface area contributed by atoms with Crippen LogP contribution in [-0.4, -0.2) is 63.2 Å². The molecule has 1 heterocycles. The molecule has 0 spiro atoms. The van der Waals surface area contributed by atoms with Crippen LogP contribution in [0.2, 0.25) is 0 Å². The van der Waals surface area contributed by atoms with Crippen molar-refractivity contribution in [3.63, 3.8) is 0 Å². The Labute approximate surface area is 132 Å². The lowest BCUT2D eigenvalue weighted by atomic mass is 9.76. The third-order valence-electron chi connectivity index (χ3n) is 5.99. The summed E-state index contributed by atoms with van der Waals surface area (Å²) >= 11 is 0. The van der Waals surface area contributed by atoms with Crippen LogP contribution in [0.1, 0.15) is 45.4 Å². The molecule has 0 radical (unpaired) electrons. The van der Waals surface area contributed by atoms with Crippen molar-refractivity contribution in [3.05, 3.63) is 0 Å². The number of nitrogens with one attached hydrogen (secondary N) is 1. The van der Waals surface area contributed by atoms with Gasteiger partial charge >= 0.3 is 0 Å². The maximum absolute atomic E-state index is 3.58. The predicted molar refractivity (Wildman–Crippen MR) is 91.7 cm³/mol. The van der Waals surface area contributed by atoms with Crippen LogP contribution in [0.25, 0.3) is 0 Å². The molecule has 0 aromatic heterocycles. The zero-order chi connectivity index (χ0) is 15.2. The summed E-state index contributed by atoms with van der Waals surface area (Å²) in [7, 11) is 6.76. The topological polar surface area (TPSA) is 18.5 Å². The highest BCUT2D eigenvalue weighted by Crippen LogP contribution is 2.32. The van der Waals surface area contributed by atoms with E-state index in [0.29, 0.717) is 0 Å². The van der Waals surface area contributed by atoms with E-state index in [-0.39, 0.29) is 0 Å². The normalized spacial score (nSPS) is 32.7. The lowest BCUT2D eigenvalue weighted by Crippen LogP contribution is -2.45. The molecule has 2 aliphatic rings. The molecule has 1 N–H and O–H groups in total. The molecule has 3 nitrogen and oxygen atoms in total. The zero-order valence-corrected chi connectivity index (χ0v) is 14.8. The van der Waals surface area contributed by atoms with E-state index in [1.54, 1.807) is 0 Å². The summed E-state index contributed by atoms with van der Waals surface area (Å²) in [5, 5.41) is 3.58. The van der Waals surface area contributed by atoms with Crippen molar-refractivity contribution >= 4 is 0 Å². The standard InChI is InChI=1S/C18H37N3/c1-5-15-6-7-18(19-2)17(12-15)14-21(4)13-16-8-10-20(3)11-9-16/h15-19H,5-14H2,1-4H3. The predicted octanol–water partition coefficient (Wildman–Crippen LogP) is 2.67.